The number of pyridine rings is 1. The van der Waals surface area contributed by atoms with E-state index in [1.807, 2.05) is 0 Å². The molecule has 33 heavy (non-hydrogen) atoms. The Kier molecular flexibility index (Phi) is 6.74. The molecule has 172 valence electrons. The van der Waals surface area contributed by atoms with E-state index in [2.05, 4.69) is 36.6 Å². The molecule has 1 unspecified atom stereocenters. The molecule has 0 saturated heterocycles. The van der Waals surface area contributed by atoms with Crippen molar-refractivity contribution in [3.63, 3.8) is 0 Å². The first-order chi connectivity index (χ1) is 15.7. The average Bonchev–Trinajstić information content (AvgIpc) is 3.31. The number of amides is 2. The number of rotatable bonds is 5. The van der Waals surface area contributed by atoms with Crippen molar-refractivity contribution in [2.75, 3.05) is 5.32 Å². The van der Waals surface area contributed by atoms with Gasteiger partial charge in [0.1, 0.15) is 16.5 Å². The van der Waals surface area contributed by atoms with Crippen LogP contribution in [0.4, 0.5) is 10.1 Å². The second-order valence-electron chi connectivity index (χ2n) is 7.84. The Hall–Kier alpha value is -2.49. The number of nitrogens with one attached hydrogen (secondary N) is 2. The first kappa shape index (κ1) is 23.7. The van der Waals surface area contributed by atoms with Crippen molar-refractivity contribution in [2.45, 2.75) is 38.9 Å². The summed E-state index contributed by atoms with van der Waals surface area (Å²) in [5, 5.41) is 10.1. The lowest BCUT2D eigenvalue weighted by Gasteiger charge is -2.19. The predicted octanol–water partition coefficient (Wildman–Crippen LogP) is 5.68. The fourth-order valence-electron chi connectivity index (χ4n) is 3.79. The Morgan fingerprint density at radius 3 is 2.70 bits per heavy atom. The molecule has 2 heterocycles. The van der Waals surface area contributed by atoms with Gasteiger partial charge in [-0.1, -0.05) is 23.2 Å². The summed E-state index contributed by atoms with van der Waals surface area (Å²) in [6.07, 6.45) is 0.909. The van der Waals surface area contributed by atoms with Crippen LogP contribution in [0.3, 0.4) is 0 Å². The van der Waals surface area contributed by atoms with Gasteiger partial charge < -0.3 is 10.6 Å². The largest absolute Gasteiger partial charge is 0.350 e. The third-order valence-corrected chi connectivity index (χ3v) is 6.10. The van der Waals surface area contributed by atoms with Crippen molar-refractivity contribution in [1.82, 2.24) is 20.1 Å². The topological polar surface area (TPSA) is 88.9 Å². The van der Waals surface area contributed by atoms with Gasteiger partial charge in [-0.25, -0.2) is 14.1 Å². The number of anilines is 1. The fraction of sp³-hybridized carbons (Fsp3) is 0.273. The number of hydrogen-bond donors (Lipinski definition) is 2. The molecule has 2 N–H and O–H groups in total. The van der Waals surface area contributed by atoms with Crippen LogP contribution in [0.2, 0.25) is 10.0 Å². The van der Waals surface area contributed by atoms with Gasteiger partial charge >= 0.3 is 0 Å². The van der Waals surface area contributed by atoms with E-state index in [4.69, 9.17) is 23.2 Å². The number of halogens is 4. The summed E-state index contributed by atoms with van der Waals surface area (Å²) in [7, 11) is 0. The molecule has 1 aliphatic rings. The molecule has 0 fully saturated rings. The zero-order valence-corrected chi connectivity index (χ0v) is 20.7. The number of fused-ring (bicyclic) bond motifs is 1. The highest BCUT2D eigenvalue weighted by molar-refractivity contribution is 9.10. The second kappa shape index (κ2) is 9.40. The Morgan fingerprint density at radius 2 is 2.00 bits per heavy atom. The lowest BCUT2D eigenvalue weighted by molar-refractivity contribution is 0.0941. The molecular weight excluding hydrogens is 536 g/mol. The maximum absolute atomic E-state index is 14.8. The van der Waals surface area contributed by atoms with E-state index in [9.17, 15) is 14.0 Å². The van der Waals surface area contributed by atoms with E-state index in [0.717, 1.165) is 0 Å². The predicted molar refractivity (Wildman–Crippen MR) is 128 cm³/mol. The summed E-state index contributed by atoms with van der Waals surface area (Å²) in [4.78, 5) is 30.6. The van der Waals surface area contributed by atoms with Crippen LogP contribution in [0.1, 0.15) is 58.4 Å². The zero-order valence-electron chi connectivity index (χ0n) is 17.6. The third kappa shape index (κ3) is 4.62. The second-order valence-corrected chi connectivity index (χ2v) is 9.47. The molecule has 3 aromatic rings. The molecule has 11 heteroatoms. The van der Waals surface area contributed by atoms with Gasteiger partial charge in [0.15, 0.2) is 5.82 Å². The summed E-state index contributed by atoms with van der Waals surface area (Å²) in [6, 6.07) is 6.16. The number of alkyl halides is 1. The van der Waals surface area contributed by atoms with Crippen LogP contribution in [-0.2, 0) is 6.42 Å². The lowest BCUT2D eigenvalue weighted by atomic mass is 9.99. The fourth-order valence-corrected chi connectivity index (χ4v) is 4.64. The van der Waals surface area contributed by atoms with Crippen LogP contribution >= 0.6 is 39.1 Å². The van der Waals surface area contributed by atoms with E-state index in [1.165, 1.54) is 16.9 Å². The highest BCUT2D eigenvalue weighted by Crippen LogP contribution is 2.43. The minimum absolute atomic E-state index is 0.0329. The van der Waals surface area contributed by atoms with Crippen LogP contribution in [-0.4, -0.2) is 32.6 Å². The van der Waals surface area contributed by atoms with Crippen LogP contribution in [0.15, 0.2) is 35.1 Å². The molecule has 2 amide bonds. The summed E-state index contributed by atoms with van der Waals surface area (Å²) in [5.74, 6) is -0.883. The number of nitrogens with zero attached hydrogens (tertiary/aromatic N) is 3. The number of aryl methyl sites for hydroxylation is 1. The summed E-state index contributed by atoms with van der Waals surface area (Å²) >= 11 is 16.0. The minimum atomic E-state index is -1.33. The number of carbonyl (C=O) groups excluding carboxylic acids is 2. The summed E-state index contributed by atoms with van der Waals surface area (Å²) < 4.78 is 16.4. The van der Waals surface area contributed by atoms with Crippen LogP contribution in [0, 0.1) is 0 Å². The number of hydrogen-bond acceptors (Lipinski definition) is 4. The van der Waals surface area contributed by atoms with Gasteiger partial charge in [-0.3, -0.25) is 9.59 Å². The first-order valence-corrected chi connectivity index (χ1v) is 11.7. The highest BCUT2D eigenvalue weighted by atomic mass is 79.9. The highest BCUT2D eigenvalue weighted by Gasteiger charge is 2.33. The summed E-state index contributed by atoms with van der Waals surface area (Å²) in [6.45, 7) is 3.58. The molecular formula is C22H19BrCl2FN5O2. The van der Waals surface area contributed by atoms with Crippen LogP contribution < -0.4 is 10.6 Å². The standard InChI is InChI=1S/C22H19BrCl2FN5O2/c1-10(2)28-22(33)18-17-11(5-6-14(17)26)8-13(25)19(18)29-21(32)15-9-16(23)30-31(15)20-12(24)4-3-7-27-20/h3-4,7-10,14H,5-6H2,1-2H3,(H,28,33)(H,29,32). The van der Waals surface area contributed by atoms with Gasteiger partial charge in [0.25, 0.3) is 11.8 Å². The van der Waals surface area contributed by atoms with Crippen molar-refractivity contribution >= 4 is 56.6 Å². The quantitative estimate of drug-likeness (QED) is 0.424. The number of carbonyl (C=O) groups is 2. The molecule has 0 saturated carbocycles. The Labute approximate surface area is 207 Å². The Balaban J connectivity index is 1.80. The molecule has 1 atom stereocenters. The minimum Gasteiger partial charge on any atom is -0.350 e. The van der Waals surface area contributed by atoms with Crippen molar-refractivity contribution < 1.29 is 14.0 Å². The molecule has 1 aromatic carbocycles. The third-order valence-electron chi connectivity index (χ3n) is 5.12. The first-order valence-electron chi connectivity index (χ1n) is 10.1. The van der Waals surface area contributed by atoms with E-state index >= 15 is 0 Å². The SMILES string of the molecule is CC(C)NC(=O)c1c(NC(=O)c2cc(Br)nn2-c2ncccc2Cl)c(Cl)cc2c1C(F)CC2. The average molecular weight is 555 g/mol. The molecule has 0 spiro atoms. The Morgan fingerprint density at radius 1 is 1.24 bits per heavy atom. The van der Waals surface area contributed by atoms with E-state index < -0.39 is 18.0 Å². The molecule has 4 rings (SSSR count). The van der Waals surface area contributed by atoms with Gasteiger partial charge in [0.05, 0.1) is 21.3 Å². The van der Waals surface area contributed by atoms with Gasteiger partial charge in [0, 0.05) is 23.9 Å². The lowest BCUT2D eigenvalue weighted by Crippen LogP contribution is -2.32. The van der Waals surface area contributed by atoms with Gasteiger partial charge in [-0.2, -0.15) is 5.10 Å². The van der Waals surface area contributed by atoms with Crippen molar-refractivity contribution in [3.05, 3.63) is 67.5 Å². The molecule has 2 aromatic heterocycles. The van der Waals surface area contributed by atoms with E-state index in [-0.39, 0.29) is 50.8 Å². The maximum Gasteiger partial charge on any atom is 0.274 e. The zero-order chi connectivity index (χ0) is 23.9. The number of aromatic nitrogens is 3. The monoisotopic (exact) mass is 553 g/mol. The van der Waals surface area contributed by atoms with Crippen LogP contribution in [0.25, 0.3) is 5.82 Å². The molecule has 1 aliphatic carbocycles. The van der Waals surface area contributed by atoms with E-state index in [0.29, 0.717) is 16.6 Å². The molecule has 0 bridgehead atoms. The maximum atomic E-state index is 14.8. The molecule has 0 aliphatic heterocycles. The van der Waals surface area contributed by atoms with Gasteiger partial charge in [-0.15, -0.1) is 0 Å². The number of benzene rings is 1. The smallest absolute Gasteiger partial charge is 0.274 e. The Bertz CT molecular complexity index is 1260. The van der Waals surface area contributed by atoms with Crippen molar-refractivity contribution in [2.24, 2.45) is 0 Å². The van der Waals surface area contributed by atoms with Gasteiger partial charge in [0.2, 0.25) is 0 Å². The summed E-state index contributed by atoms with van der Waals surface area (Å²) in [5.41, 5.74) is 1.08. The molecule has 0 radical (unpaired) electrons. The van der Waals surface area contributed by atoms with Crippen LogP contribution in [0.5, 0.6) is 0 Å². The van der Waals surface area contributed by atoms with Gasteiger partial charge in [-0.05, 0) is 66.4 Å². The van der Waals surface area contributed by atoms with Crippen molar-refractivity contribution in [3.8, 4) is 5.82 Å². The van der Waals surface area contributed by atoms with E-state index in [1.54, 1.807) is 32.0 Å². The van der Waals surface area contributed by atoms with Crippen molar-refractivity contribution in [1.29, 1.82) is 0 Å². The molecule has 7 nitrogen and oxygen atoms in total. The normalized spacial score (nSPS) is 14.9.